The molecule has 0 aliphatic heterocycles. The van der Waals surface area contributed by atoms with Crippen LogP contribution >= 0.6 is 35.0 Å². The summed E-state index contributed by atoms with van der Waals surface area (Å²) in [6.45, 7) is 5.34. The summed E-state index contributed by atoms with van der Waals surface area (Å²) < 4.78 is 7.92. The van der Waals surface area contributed by atoms with Gasteiger partial charge in [0.25, 0.3) is 0 Å². The van der Waals surface area contributed by atoms with Crippen LogP contribution in [0.15, 0.2) is 47.6 Å². The van der Waals surface area contributed by atoms with Crippen LogP contribution in [0.1, 0.15) is 30.8 Å². The van der Waals surface area contributed by atoms with E-state index in [4.69, 9.17) is 27.9 Å². The second-order valence-corrected chi connectivity index (χ2v) is 7.68. The van der Waals surface area contributed by atoms with Crippen LogP contribution in [-0.2, 0) is 25.3 Å². The molecule has 7 heteroatoms. The standard InChI is InChI=1S/C20H21Cl2N3OS/c1-3-14-8-10-15(11-9-14)26-12-19-23-24-20(25(19)4-2)27-13-16-17(21)6-5-7-18(16)22/h5-11H,3-4,12-13H2,1-2H3. The van der Waals surface area contributed by atoms with Gasteiger partial charge in [-0.15, -0.1) is 10.2 Å². The third kappa shape index (κ3) is 4.98. The van der Waals surface area contributed by atoms with E-state index in [9.17, 15) is 0 Å². The number of thioether (sulfide) groups is 1. The molecule has 1 heterocycles. The first-order valence-electron chi connectivity index (χ1n) is 8.81. The highest BCUT2D eigenvalue weighted by Gasteiger charge is 2.14. The second-order valence-electron chi connectivity index (χ2n) is 5.92. The molecule has 0 saturated carbocycles. The maximum atomic E-state index is 6.25. The third-order valence-electron chi connectivity index (χ3n) is 4.22. The molecule has 2 aromatic carbocycles. The summed E-state index contributed by atoms with van der Waals surface area (Å²) in [6, 6.07) is 13.7. The molecule has 0 aliphatic carbocycles. The van der Waals surface area contributed by atoms with E-state index in [-0.39, 0.29) is 0 Å². The van der Waals surface area contributed by atoms with Crippen molar-refractivity contribution in [3.05, 3.63) is 69.5 Å². The highest BCUT2D eigenvalue weighted by molar-refractivity contribution is 7.98. The van der Waals surface area contributed by atoms with Gasteiger partial charge in [0, 0.05) is 22.3 Å². The first-order valence-corrected chi connectivity index (χ1v) is 10.6. The Bertz CT molecular complexity index is 876. The smallest absolute Gasteiger partial charge is 0.191 e. The first-order chi connectivity index (χ1) is 13.1. The fourth-order valence-corrected chi connectivity index (χ4v) is 4.39. The van der Waals surface area contributed by atoms with Gasteiger partial charge in [-0.25, -0.2) is 0 Å². The minimum absolute atomic E-state index is 0.375. The van der Waals surface area contributed by atoms with E-state index in [2.05, 4.69) is 40.7 Å². The summed E-state index contributed by atoms with van der Waals surface area (Å²) in [6.07, 6.45) is 1.01. The number of ether oxygens (including phenoxy) is 1. The number of halogens is 2. The predicted molar refractivity (Wildman–Crippen MR) is 112 cm³/mol. The highest BCUT2D eigenvalue weighted by atomic mass is 35.5. The molecule has 0 unspecified atom stereocenters. The maximum absolute atomic E-state index is 6.25. The Morgan fingerprint density at radius 1 is 1.00 bits per heavy atom. The number of rotatable bonds is 8. The van der Waals surface area contributed by atoms with Gasteiger partial charge in [-0.1, -0.05) is 60.1 Å². The van der Waals surface area contributed by atoms with Gasteiger partial charge in [-0.2, -0.15) is 0 Å². The van der Waals surface area contributed by atoms with Crippen molar-refractivity contribution < 1.29 is 4.74 Å². The van der Waals surface area contributed by atoms with Gasteiger partial charge in [0.2, 0.25) is 0 Å². The number of nitrogens with zero attached hydrogens (tertiary/aromatic N) is 3. The van der Waals surface area contributed by atoms with E-state index in [1.165, 1.54) is 5.56 Å². The van der Waals surface area contributed by atoms with Crippen LogP contribution in [0.25, 0.3) is 0 Å². The number of hydrogen-bond donors (Lipinski definition) is 0. The maximum Gasteiger partial charge on any atom is 0.191 e. The number of benzene rings is 2. The quantitative estimate of drug-likeness (QED) is 0.415. The van der Waals surface area contributed by atoms with E-state index in [0.29, 0.717) is 22.4 Å². The molecule has 0 bridgehead atoms. The monoisotopic (exact) mass is 421 g/mol. The molecule has 4 nitrogen and oxygen atoms in total. The van der Waals surface area contributed by atoms with Crippen LogP contribution in [0.5, 0.6) is 5.75 Å². The molecule has 142 valence electrons. The van der Waals surface area contributed by atoms with Crippen LogP contribution in [-0.4, -0.2) is 14.8 Å². The first kappa shape index (κ1) is 20.1. The van der Waals surface area contributed by atoms with Crippen molar-refractivity contribution in [1.29, 1.82) is 0 Å². The van der Waals surface area contributed by atoms with Gasteiger partial charge in [0.05, 0.1) is 0 Å². The van der Waals surface area contributed by atoms with Crippen molar-refractivity contribution in [2.24, 2.45) is 0 Å². The van der Waals surface area contributed by atoms with E-state index in [1.807, 2.05) is 30.3 Å². The molecule has 0 saturated heterocycles. The number of aryl methyl sites for hydroxylation is 1. The van der Waals surface area contributed by atoms with Crippen molar-refractivity contribution in [3.63, 3.8) is 0 Å². The molecule has 1 aromatic heterocycles. The Balaban J connectivity index is 1.67. The molecular weight excluding hydrogens is 401 g/mol. The Morgan fingerprint density at radius 2 is 1.70 bits per heavy atom. The van der Waals surface area contributed by atoms with Crippen molar-refractivity contribution in [2.75, 3.05) is 0 Å². The average Bonchev–Trinajstić information content (AvgIpc) is 3.08. The number of hydrogen-bond acceptors (Lipinski definition) is 4. The van der Waals surface area contributed by atoms with Crippen LogP contribution in [0.2, 0.25) is 10.0 Å². The highest BCUT2D eigenvalue weighted by Crippen LogP contribution is 2.31. The largest absolute Gasteiger partial charge is 0.486 e. The topological polar surface area (TPSA) is 39.9 Å². The van der Waals surface area contributed by atoms with Crippen LogP contribution in [0.4, 0.5) is 0 Å². The zero-order chi connectivity index (χ0) is 19.2. The fourth-order valence-electron chi connectivity index (χ4n) is 2.63. The molecule has 0 radical (unpaired) electrons. The lowest BCUT2D eigenvalue weighted by Gasteiger charge is -2.10. The summed E-state index contributed by atoms with van der Waals surface area (Å²) in [4.78, 5) is 0. The zero-order valence-electron chi connectivity index (χ0n) is 15.3. The summed E-state index contributed by atoms with van der Waals surface area (Å²) in [5, 5.41) is 10.8. The van der Waals surface area contributed by atoms with Gasteiger partial charge >= 0.3 is 0 Å². The summed E-state index contributed by atoms with van der Waals surface area (Å²) >= 11 is 14.1. The lowest BCUT2D eigenvalue weighted by Crippen LogP contribution is -2.07. The van der Waals surface area contributed by atoms with Crippen molar-refractivity contribution >= 4 is 35.0 Å². The average molecular weight is 422 g/mol. The summed E-state index contributed by atoms with van der Waals surface area (Å²) in [5.41, 5.74) is 2.20. The lowest BCUT2D eigenvalue weighted by molar-refractivity contribution is 0.288. The Hall–Kier alpha value is -1.69. The fraction of sp³-hybridized carbons (Fsp3) is 0.300. The third-order valence-corrected chi connectivity index (χ3v) is 5.92. The van der Waals surface area contributed by atoms with Crippen molar-refractivity contribution in [1.82, 2.24) is 14.8 Å². The van der Waals surface area contributed by atoms with Crippen LogP contribution in [0.3, 0.4) is 0 Å². The minimum atomic E-state index is 0.375. The molecule has 0 atom stereocenters. The van der Waals surface area contributed by atoms with Gasteiger partial charge < -0.3 is 9.30 Å². The summed E-state index contributed by atoms with van der Waals surface area (Å²) in [7, 11) is 0. The van der Waals surface area contributed by atoms with Gasteiger partial charge in [-0.05, 0) is 48.7 Å². The van der Waals surface area contributed by atoms with E-state index in [0.717, 1.165) is 35.3 Å². The molecule has 0 aliphatic rings. The van der Waals surface area contributed by atoms with Crippen molar-refractivity contribution in [3.8, 4) is 5.75 Å². The molecule has 3 aromatic rings. The van der Waals surface area contributed by atoms with Gasteiger partial charge in [0.1, 0.15) is 12.4 Å². The van der Waals surface area contributed by atoms with E-state index < -0.39 is 0 Å². The van der Waals surface area contributed by atoms with Crippen LogP contribution < -0.4 is 4.74 Å². The Morgan fingerprint density at radius 3 is 2.33 bits per heavy atom. The summed E-state index contributed by atoms with van der Waals surface area (Å²) in [5.74, 6) is 2.26. The van der Waals surface area contributed by atoms with Crippen LogP contribution in [0, 0.1) is 0 Å². The molecule has 0 amide bonds. The molecule has 0 spiro atoms. The molecule has 3 rings (SSSR count). The Labute approximate surface area is 173 Å². The normalized spacial score (nSPS) is 11.0. The number of aromatic nitrogens is 3. The van der Waals surface area contributed by atoms with E-state index >= 15 is 0 Å². The minimum Gasteiger partial charge on any atom is -0.486 e. The van der Waals surface area contributed by atoms with E-state index in [1.54, 1.807) is 11.8 Å². The lowest BCUT2D eigenvalue weighted by atomic mass is 10.2. The van der Waals surface area contributed by atoms with Gasteiger partial charge in [0.15, 0.2) is 11.0 Å². The SMILES string of the molecule is CCc1ccc(OCc2nnc(SCc3c(Cl)cccc3Cl)n2CC)cc1. The zero-order valence-corrected chi connectivity index (χ0v) is 17.6. The molecular formula is C20H21Cl2N3OS. The molecule has 0 N–H and O–H groups in total. The predicted octanol–water partition coefficient (Wildman–Crippen LogP) is 6.04. The second kappa shape index (κ2) is 9.49. The molecule has 0 fully saturated rings. The van der Waals surface area contributed by atoms with Crippen molar-refractivity contribution in [2.45, 2.75) is 44.3 Å². The van der Waals surface area contributed by atoms with Gasteiger partial charge in [-0.3, -0.25) is 0 Å². The molecule has 27 heavy (non-hydrogen) atoms. The Kier molecular flexibility index (Phi) is 7.05.